The van der Waals surface area contributed by atoms with Gasteiger partial charge in [0, 0.05) is 78.5 Å². The molecule has 7 heterocycles. The van der Waals surface area contributed by atoms with Gasteiger partial charge in [-0.2, -0.15) is 0 Å². The Morgan fingerprint density at radius 2 is 1.67 bits per heavy atom. The van der Waals surface area contributed by atoms with E-state index < -0.39 is 16.4 Å². The van der Waals surface area contributed by atoms with Crippen LogP contribution in [0.1, 0.15) is 214 Å². The predicted octanol–water partition coefficient (Wildman–Crippen LogP) is 13.5. The summed E-state index contributed by atoms with van der Waals surface area (Å²) in [6.07, 6.45) is 37.8. The molecule has 12 aliphatic carbocycles. The van der Waals surface area contributed by atoms with Gasteiger partial charge in [-0.1, -0.05) is 98.6 Å². The standard InChI is InChI=1S/C73H89N3O5/c1-40-31-45-18-19-53-47-33-48-37-75(53)61(45)59-51-22-29-71-64-62(77)56-49(50-21-27-67(63(56)76(36-47)60(48)50)38-68(23-5-6-24-68)69(39-67)25-7-8-26-69)15-9-13-43-17-16-42(14-10-30-74)55-57(43)73(71,81-65(55)78)54-34-46(41-11-3-2-4-12-41)32-44-20-28-70(40,59)35-52(44)58(51)72(54,71)66(79)80-64/h16-17,32,40-41,46-50,52-54,56,59-60,63,77H,2-8,10-14,18-31,33-39,74H2,1H3. The van der Waals surface area contributed by atoms with Crippen LogP contribution in [0.3, 0.4) is 0 Å². The van der Waals surface area contributed by atoms with Crippen molar-refractivity contribution in [1.29, 1.82) is 0 Å². The van der Waals surface area contributed by atoms with Gasteiger partial charge < -0.3 is 25.2 Å². The van der Waals surface area contributed by atoms with E-state index in [-0.39, 0.29) is 64.3 Å². The van der Waals surface area contributed by atoms with Gasteiger partial charge in [-0.25, -0.2) is 4.79 Å². The lowest BCUT2D eigenvalue weighted by Gasteiger charge is -2.75. The van der Waals surface area contributed by atoms with E-state index >= 15 is 14.7 Å². The maximum atomic E-state index is 17.4. The van der Waals surface area contributed by atoms with Crippen molar-refractivity contribution < 1.29 is 24.2 Å². The van der Waals surface area contributed by atoms with E-state index in [1.807, 2.05) is 0 Å². The molecule has 17 atom stereocenters. The molecule has 6 bridgehead atoms. The van der Waals surface area contributed by atoms with Crippen molar-refractivity contribution >= 4 is 11.9 Å². The minimum Gasteiger partial charge on any atom is -0.508 e. The molecule has 1 aromatic rings. The molecule has 0 amide bonds. The number of ether oxygens (including phenoxy) is 2. The van der Waals surface area contributed by atoms with Crippen LogP contribution in [-0.2, 0) is 32.7 Å². The number of nitrogens with two attached hydrogens (primary N) is 1. The molecule has 12 fully saturated rings. The number of nitrogens with zero attached hydrogens (tertiary/aromatic N) is 2. The summed E-state index contributed by atoms with van der Waals surface area (Å²) in [5.74, 6) is 11.5. The molecule has 7 aliphatic heterocycles. The number of aliphatic hydroxyl groups is 1. The molecule has 8 nitrogen and oxygen atoms in total. The SMILES string of the molecule is CC1CC2=C3C4C5=C6C7CC14CCC7=CC(C1CCCCC1)CC1C64C(=O)OC6=C(O)C7C(C#CCc8ccc(CCCN)c9c8C1(OC9=O)C64CC5)C1CCC4(CC5(CCCC5)C5(CCCC5)C4)C7N4CC5CC(CN3C5CC2)C14. The van der Waals surface area contributed by atoms with Crippen LogP contribution in [0.15, 0.2) is 57.7 Å². The molecular formula is C73H89N3O5. The maximum absolute atomic E-state index is 17.4. The number of carbonyl (C=O) groups is 2. The summed E-state index contributed by atoms with van der Waals surface area (Å²) in [6.45, 7) is 5.48. The average molecular weight is 1090 g/mol. The monoisotopic (exact) mass is 1090 g/mol. The minimum atomic E-state index is -1.20. The van der Waals surface area contributed by atoms with E-state index in [4.69, 9.17) is 15.2 Å². The summed E-state index contributed by atoms with van der Waals surface area (Å²) < 4.78 is 15.5. The number of piperidine rings is 3. The molecular weight excluding hydrogens is 999 g/mol. The second-order valence-corrected chi connectivity index (χ2v) is 32.6. The Bertz CT molecular complexity index is 3250. The largest absolute Gasteiger partial charge is 0.508 e. The van der Waals surface area contributed by atoms with Gasteiger partial charge in [0.15, 0.2) is 11.4 Å². The molecule has 1 aromatic carbocycles. The summed E-state index contributed by atoms with van der Waals surface area (Å²) in [5.41, 5.74) is 15.9. The Kier molecular flexibility index (Phi) is 9.44. The Labute approximate surface area is 481 Å². The van der Waals surface area contributed by atoms with Crippen LogP contribution in [-0.4, -0.2) is 64.6 Å². The number of allylic oxidation sites excluding steroid dienone is 4. The van der Waals surface area contributed by atoms with Gasteiger partial charge in [-0.15, -0.1) is 0 Å². The van der Waals surface area contributed by atoms with Gasteiger partial charge in [0.25, 0.3) is 0 Å². The highest BCUT2D eigenvalue weighted by molar-refractivity contribution is 6.01. The number of rotatable bonds is 4. The van der Waals surface area contributed by atoms with E-state index in [1.165, 1.54) is 147 Å². The van der Waals surface area contributed by atoms with Crippen LogP contribution in [0.25, 0.3) is 0 Å². The highest BCUT2D eigenvalue weighted by Crippen LogP contribution is 2.90. The fraction of sp³-hybridized carbons (Fsp3) is 0.753. The number of aliphatic hydroxyl groups excluding tert-OH is 1. The van der Waals surface area contributed by atoms with E-state index in [9.17, 15) is 0 Å². The zero-order chi connectivity index (χ0) is 53.5. The number of aryl methyl sites for hydroxylation is 1. The van der Waals surface area contributed by atoms with Gasteiger partial charge >= 0.3 is 11.9 Å². The number of hydrogen-bond acceptors (Lipinski definition) is 8. The van der Waals surface area contributed by atoms with Crippen LogP contribution in [0.2, 0.25) is 0 Å². The molecule has 20 rings (SSSR count). The van der Waals surface area contributed by atoms with Gasteiger partial charge in [0.2, 0.25) is 0 Å². The lowest BCUT2D eigenvalue weighted by Crippen LogP contribution is -2.78. The second kappa shape index (κ2) is 15.8. The lowest BCUT2D eigenvalue weighted by molar-refractivity contribution is -0.284. The van der Waals surface area contributed by atoms with Crippen molar-refractivity contribution in [3.8, 4) is 11.8 Å². The van der Waals surface area contributed by atoms with Crippen LogP contribution >= 0.6 is 0 Å². The van der Waals surface area contributed by atoms with Gasteiger partial charge in [-0.05, 0) is 222 Å². The minimum absolute atomic E-state index is 0.0274. The second-order valence-electron chi connectivity index (χ2n) is 32.6. The Morgan fingerprint density at radius 1 is 0.852 bits per heavy atom. The van der Waals surface area contributed by atoms with Crippen molar-refractivity contribution in [2.24, 2.45) is 103 Å². The molecule has 7 saturated carbocycles. The van der Waals surface area contributed by atoms with Crippen molar-refractivity contribution in [3.05, 3.63) is 80.0 Å². The van der Waals surface area contributed by atoms with E-state index in [0.29, 0.717) is 89.8 Å². The maximum Gasteiger partial charge on any atom is 0.339 e. The number of fused-ring (bicyclic) bond motifs is 9. The fourth-order valence-corrected chi connectivity index (χ4v) is 28.8. The first kappa shape index (κ1) is 48.4. The molecule has 3 N–H and O–H groups in total. The van der Waals surface area contributed by atoms with E-state index in [2.05, 4.69) is 46.8 Å². The van der Waals surface area contributed by atoms with Crippen LogP contribution < -0.4 is 5.73 Å². The third kappa shape index (κ3) is 5.23. The first-order chi connectivity index (χ1) is 39.6. The molecule has 0 radical (unpaired) electrons. The summed E-state index contributed by atoms with van der Waals surface area (Å²) in [7, 11) is 0. The number of hydrogen-bond donors (Lipinski definition) is 2. The Balaban J connectivity index is 0.928. The van der Waals surface area contributed by atoms with E-state index in [0.717, 1.165) is 67.4 Å². The van der Waals surface area contributed by atoms with Crippen molar-refractivity contribution in [2.75, 3.05) is 19.6 Å². The zero-order valence-corrected chi connectivity index (χ0v) is 48.7. The van der Waals surface area contributed by atoms with Crippen molar-refractivity contribution in [1.82, 2.24) is 9.80 Å². The normalized spacial score (nSPS) is 47.5. The lowest BCUT2D eigenvalue weighted by atomic mass is 9.26. The van der Waals surface area contributed by atoms with Crippen LogP contribution in [0.4, 0.5) is 0 Å². The Morgan fingerprint density at radius 3 is 2.47 bits per heavy atom. The van der Waals surface area contributed by atoms with Gasteiger partial charge in [0.05, 0.1) is 11.0 Å². The molecule has 0 aromatic heterocycles. The van der Waals surface area contributed by atoms with Crippen LogP contribution in [0, 0.1) is 109 Å². The smallest absolute Gasteiger partial charge is 0.339 e. The molecule has 5 saturated heterocycles. The zero-order valence-electron chi connectivity index (χ0n) is 48.7. The molecule has 8 heteroatoms. The molecule has 19 aliphatic rings. The van der Waals surface area contributed by atoms with Gasteiger partial charge in [-0.3, -0.25) is 9.69 Å². The van der Waals surface area contributed by atoms with Crippen LogP contribution in [0.5, 0.6) is 0 Å². The topological polar surface area (TPSA) is 105 Å². The number of benzene rings is 1. The first-order valence-corrected chi connectivity index (χ1v) is 34.5. The number of esters is 2. The molecule has 426 valence electrons. The van der Waals surface area contributed by atoms with Crippen molar-refractivity contribution in [3.63, 3.8) is 0 Å². The summed E-state index contributed by atoms with van der Waals surface area (Å²) >= 11 is 0. The average Bonchev–Trinajstić information content (AvgIpc) is 1.61. The predicted molar refractivity (Wildman–Crippen MR) is 308 cm³/mol. The quantitative estimate of drug-likeness (QED) is 0.175. The summed E-state index contributed by atoms with van der Waals surface area (Å²) in [5, 5.41) is 15.1. The summed E-state index contributed by atoms with van der Waals surface area (Å²) in [6, 6.07) is 5.61. The highest BCUT2D eigenvalue weighted by atomic mass is 16.6. The van der Waals surface area contributed by atoms with Gasteiger partial charge in [0.1, 0.15) is 11.2 Å². The summed E-state index contributed by atoms with van der Waals surface area (Å²) in [4.78, 5) is 39.7. The molecule has 81 heavy (non-hydrogen) atoms. The highest BCUT2D eigenvalue weighted by Gasteiger charge is 2.95. The fourth-order valence-electron chi connectivity index (χ4n) is 28.8. The third-order valence-corrected chi connectivity index (χ3v) is 30.8. The molecule has 17 unspecified atom stereocenters. The number of carbonyl (C=O) groups excluding carboxylic acids is 2. The van der Waals surface area contributed by atoms with E-state index in [1.54, 1.807) is 22.4 Å². The Hall–Kier alpha value is -3.80. The third-order valence-electron chi connectivity index (χ3n) is 30.8. The van der Waals surface area contributed by atoms with Crippen molar-refractivity contribution in [2.45, 2.75) is 223 Å². The first-order valence-electron chi connectivity index (χ1n) is 34.5. The molecule has 7 spiro atoms.